The number of hydrogen-bond acceptors (Lipinski definition) is 2. The van der Waals surface area contributed by atoms with Crippen molar-refractivity contribution in [2.24, 2.45) is 5.92 Å². The molecule has 3 aromatic carbocycles. The van der Waals surface area contributed by atoms with E-state index in [2.05, 4.69) is 46.6 Å². The number of halogens is 1. The zero-order valence-corrected chi connectivity index (χ0v) is 16.9. The summed E-state index contributed by atoms with van der Waals surface area (Å²) >= 11 is 0. The van der Waals surface area contributed by atoms with Gasteiger partial charge in [-0.25, -0.2) is 0 Å². The Bertz CT molecular complexity index is 1220. The number of aromatic amines is 1. The van der Waals surface area contributed by atoms with Crippen LogP contribution in [0.15, 0.2) is 72.8 Å². The first-order valence-electron chi connectivity index (χ1n) is 10.3. The molecule has 0 spiro atoms. The van der Waals surface area contributed by atoms with Crippen LogP contribution in [-0.4, -0.2) is 17.3 Å². The molecule has 0 atom stereocenters. The Morgan fingerprint density at radius 2 is 1.73 bits per heavy atom. The van der Waals surface area contributed by atoms with Crippen LogP contribution < -0.4 is 4.74 Å². The summed E-state index contributed by atoms with van der Waals surface area (Å²) in [6.45, 7) is 0. The predicted octanol–water partition coefficient (Wildman–Crippen LogP) is 6.47. The molecule has 0 radical (unpaired) electrons. The van der Waals surface area contributed by atoms with E-state index >= 15 is 0 Å². The third kappa shape index (κ3) is 3.28. The summed E-state index contributed by atoms with van der Waals surface area (Å²) in [5.74, 6) is 0.913. The molecule has 1 aliphatic carbocycles. The van der Waals surface area contributed by atoms with Crippen LogP contribution in [0.1, 0.15) is 36.0 Å². The van der Waals surface area contributed by atoms with Gasteiger partial charge in [0.25, 0.3) is 0 Å². The van der Waals surface area contributed by atoms with E-state index in [0.717, 1.165) is 40.9 Å². The lowest BCUT2D eigenvalue weighted by Gasteiger charge is -2.31. The van der Waals surface area contributed by atoms with E-state index < -0.39 is 5.95 Å². The maximum absolute atomic E-state index is 14.3. The van der Waals surface area contributed by atoms with E-state index in [1.54, 1.807) is 7.11 Å². The molecule has 1 fully saturated rings. The van der Waals surface area contributed by atoms with Gasteiger partial charge in [-0.05, 0) is 70.9 Å². The fourth-order valence-electron chi connectivity index (χ4n) is 4.29. The Morgan fingerprint density at radius 3 is 2.47 bits per heavy atom. The largest absolute Gasteiger partial charge is 0.497 e. The molecule has 0 saturated heterocycles. The second-order valence-corrected chi connectivity index (χ2v) is 7.78. The molecule has 0 amide bonds. The van der Waals surface area contributed by atoms with Crippen LogP contribution in [0.3, 0.4) is 0 Å². The Hall–Kier alpha value is -3.40. The van der Waals surface area contributed by atoms with E-state index in [9.17, 15) is 4.39 Å². The minimum absolute atomic E-state index is 0.397. The lowest BCUT2D eigenvalue weighted by molar-refractivity contribution is 0.400. The van der Waals surface area contributed by atoms with Crippen molar-refractivity contribution in [2.45, 2.75) is 19.3 Å². The highest BCUT2D eigenvalue weighted by Gasteiger charge is 2.27. The fourth-order valence-corrected chi connectivity index (χ4v) is 4.29. The minimum atomic E-state index is -0.397. The predicted molar refractivity (Wildman–Crippen MR) is 119 cm³/mol. The molecule has 5 rings (SSSR count). The fraction of sp³-hybridized carbons (Fsp3) is 0.192. The number of fused-ring (bicyclic) bond motifs is 1. The van der Waals surface area contributed by atoms with Crippen molar-refractivity contribution < 1.29 is 9.13 Å². The molecular formula is C26H23FN2O. The zero-order valence-electron chi connectivity index (χ0n) is 16.9. The molecule has 1 heterocycles. The molecule has 30 heavy (non-hydrogen) atoms. The Balaban J connectivity index is 1.81. The lowest BCUT2D eigenvalue weighted by Crippen LogP contribution is -2.15. The van der Waals surface area contributed by atoms with Crippen LogP contribution in [-0.2, 0) is 0 Å². The van der Waals surface area contributed by atoms with Gasteiger partial charge in [-0.15, -0.1) is 0 Å². The molecule has 4 heteroatoms. The first-order chi connectivity index (χ1) is 14.7. The van der Waals surface area contributed by atoms with Crippen LogP contribution in [0.2, 0.25) is 0 Å². The summed E-state index contributed by atoms with van der Waals surface area (Å²) in [6, 6.07) is 24.5. The topological polar surface area (TPSA) is 37.9 Å². The number of rotatable bonds is 5. The number of ether oxygens (including phenoxy) is 1. The van der Waals surface area contributed by atoms with Crippen molar-refractivity contribution in [2.75, 3.05) is 7.11 Å². The van der Waals surface area contributed by atoms with E-state index in [1.807, 2.05) is 36.4 Å². The third-order valence-electron chi connectivity index (χ3n) is 6.02. The van der Waals surface area contributed by atoms with Crippen molar-refractivity contribution in [1.82, 2.24) is 10.2 Å². The summed E-state index contributed by atoms with van der Waals surface area (Å²) in [6.07, 6.45) is 3.55. The zero-order chi connectivity index (χ0) is 20.5. The first-order valence-corrected chi connectivity index (χ1v) is 10.3. The highest BCUT2D eigenvalue weighted by Crippen LogP contribution is 2.45. The molecule has 1 aromatic heterocycles. The monoisotopic (exact) mass is 398 g/mol. The number of hydrogen-bond donors (Lipinski definition) is 1. The smallest absolute Gasteiger partial charge is 0.216 e. The number of methoxy groups -OCH3 is 1. The highest BCUT2D eigenvalue weighted by atomic mass is 19.1. The van der Waals surface area contributed by atoms with Crippen molar-refractivity contribution in [3.8, 4) is 5.75 Å². The molecule has 0 aliphatic heterocycles. The van der Waals surface area contributed by atoms with Crippen molar-refractivity contribution in [3.63, 3.8) is 0 Å². The number of benzene rings is 3. The quantitative estimate of drug-likeness (QED) is 0.391. The van der Waals surface area contributed by atoms with Crippen LogP contribution in [0.5, 0.6) is 5.75 Å². The molecule has 4 aromatic rings. The number of nitrogens with zero attached hydrogens (tertiary/aromatic N) is 1. The first kappa shape index (κ1) is 18.6. The minimum Gasteiger partial charge on any atom is -0.497 e. The standard InChI is InChI=1S/C26H23FN2O/c1-30-21-12-6-11-19(15-21)24(18-9-5-10-18)25(17-7-3-2-4-8-17)20-13-14-23-22(16-20)26(27)29-28-23/h2-4,6-8,11-16,18H,5,9-10H2,1H3,(H,28,29)/b25-24+. The van der Waals surface area contributed by atoms with Gasteiger partial charge in [0.2, 0.25) is 5.95 Å². The van der Waals surface area contributed by atoms with Gasteiger partial charge >= 0.3 is 0 Å². The SMILES string of the molecule is COc1cccc(/C(=C(\c2ccccc2)c2ccc3n[nH]c(F)c3c2)C2CCC2)c1. The van der Waals surface area contributed by atoms with Crippen LogP contribution in [0.4, 0.5) is 4.39 Å². The number of nitrogens with one attached hydrogen (secondary N) is 1. The van der Waals surface area contributed by atoms with Crippen molar-refractivity contribution in [1.29, 1.82) is 0 Å². The van der Waals surface area contributed by atoms with Gasteiger partial charge in [0.05, 0.1) is 18.0 Å². The summed E-state index contributed by atoms with van der Waals surface area (Å²) in [4.78, 5) is 0. The number of allylic oxidation sites excluding steroid dienone is 1. The molecule has 150 valence electrons. The summed E-state index contributed by atoms with van der Waals surface area (Å²) in [7, 11) is 1.69. The number of H-pyrrole nitrogens is 1. The average Bonchev–Trinajstić information content (AvgIpc) is 3.13. The number of aromatic nitrogens is 2. The van der Waals surface area contributed by atoms with Gasteiger partial charge in [-0.2, -0.15) is 9.49 Å². The van der Waals surface area contributed by atoms with Crippen LogP contribution >= 0.6 is 0 Å². The molecule has 3 nitrogen and oxygen atoms in total. The molecule has 0 bridgehead atoms. The Morgan fingerprint density at radius 1 is 0.933 bits per heavy atom. The van der Waals surface area contributed by atoms with Gasteiger partial charge in [0, 0.05) is 0 Å². The van der Waals surface area contributed by atoms with E-state index in [0.29, 0.717) is 16.8 Å². The van der Waals surface area contributed by atoms with Gasteiger partial charge in [0.15, 0.2) is 0 Å². The summed E-state index contributed by atoms with van der Waals surface area (Å²) in [5, 5.41) is 7.01. The van der Waals surface area contributed by atoms with Gasteiger partial charge in [0.1, 0.15) is 5.75 Å². The Labute approximate surface area is 175 Å². The van der Waals surface area contributed by atoms with E-state index in [4.69, 9.17) is 4.74 Å². The second kappa shape index (κ2) is 7.79. The maximum atomic E-state index is 14.3. The van der Waals surface area contributed by atoms with Crippen LogP contribution in [0, 0.1) is 11.9 Å². The summed E-state index contributed by atoms with van der Waals surface area (Å²) < 4.78 is 19.8. The molecule has 1 aliphatic rings. The molecule has 0 unspecified atom stereocenters. The van der Waals surface area contributed by atoms with Gasteiger partial charge in [-0.1, -0.05) is 55.0 Å². The highest BCUT2D eigenvalue weighted by molar-refractivity contribution is 6.01. The summed E-state index contributed by atoms with van der Waals surface area (Å²) in [5.41, 5.74) is 6.37. The molecule has 1 saturated carbocycles. The molecular weight excluding hydrogens is 375 g/mol. The maximum Gasteiger partial charge on any atom is 0.216 e. The third-order valence-corrected chi connectivity index (χ3v) is 6.02. The Kier molecular flexibility index (Phi) is 4.83. The molecule has 1 N–H and O–H groups in total. The van der Waals surface area contributed by atoms with E-state index in [1.165, 1.54) is 12.0 Å². The normalized spacial score (nSPS) is 15.0. The van der Waals surface area contributed by atoms with E-state index in [-0.39, 0.29) is 0 Å². The average molecular weight is 398 g/mol. The van der Waals surface area contributed by atoms with Crippen molar-refractivity contribution in [3.05, 3.63) is 95.4 Å². The van der Waals surface area contributed by atoms with Gasteiger partial charge < -0.3 is 4.74 Å². The van der Waals surface area contributed by atoms with Crippen LogP contribution in [0.25, 0.3) is 22.0 Å². The van der Waals surface area contributed by atoms with Crippen molar-refractivity contribution >= 4 is 22.0 Å². The van der Waals surface area contributed by atoms with Gasteiger partial charge in [-0.3, -0.25) is 5.10 Å². The lowest BCUT2D eigenvalue weighted by atomic mass is 9.73. The second-order valence-electron chi connectivity index (χ2n) is 7.78.